The summed E-state index contributed by atoms with van der Waals surface area (Å²) in [6.07, 6.45) is 1.62. The SMILES string of the molecule is Cc1nnc2n1C[C@H](NC(=O)Cn1c(=O)n(C)c3ccccc31)CC2. The lowest BCUT2D eigenvalue weighted by Gasteiger charge is -2.25. The highest BCUT2D eigenvalue weighted by Crippen LogP contribution is 2.15. The van der Waals surface area contributed by atoms with E-state index < -0.39 is 0 Å². The number of hydrogen-bond acceptors (Lipinski definition) is 4. The molecule has 0 bridgehead atoms. The number of hydrogen-bond donors (Lipinski definition) is 1. The predicted octanol–water partition coefficient (Wildman–Crippen LogP) is 0.371. The lowest BCUT2D eigenvalue weighted by Crippen LogP contribution is -2.43. The Morgan fingerprint density at radius 2 is 2.04 bits per heavy atom. The zero-order valence-electron chi connectivity index (χ0n) is 14.3. The van der Waals surface area contributed by atoms with Gasteiger partial charge in [-0.2, -0.15) is 0 Å². The summed E-state index contributed by atoms with van der Waals surface area (Å²) in [6.45, 7) is 2.60. The highest BCUT2D eigenvalue weighted by atomic mass is 16.2. The van der Waals surface area contributed by atoms with Gasteiger partial charge in [-0.05, 0) is 25.5 Å². The summed E-state index contributed by atoms with van der Waals surface area (Å²) in [5.74, 6) is 1.67. The van der Waals surface area contributed by atoms with Gasteiger partial charge in [-0.25, -0.2) is 4.79 Å². The molecule has 3 heterocycles. The van der Waals surface area contributed by atoms with Gasteiger partial charge in [-0.15, -0.1) is 10.2 Å². The molecule has 0 fully saturated rings. The Kier molecular flexibility index (Phi) is 3.67. The van der Waals surface area contributed by atoms with Crippen LogP contribution in [0.3, 0.4) is 0 Å². The molecule has 1 N–H and O–H groups in total. The van der Waals surface area contributed by atoms with Crippen LogP contribution in [0.2, 0.25) is 0 Å². The fourth-order valence-electron chi connectivity index (χ4n) is 3.51. The Morgan fingerprint density at radius 3 is 2.84 bits per heavy atom. The second-order valence-corrected chi connectivity index (χ2v) is 6.49. The van der Waals surface area contributed by atoms with Crippen molar-refractivity contribution in [3.05, 3.63) is 46.4 Å². The number of rotatable bonds is 3. The van der Waals surface area contributed by atoms with Crippen LogP contribution in [0.1, 0.15) is 18.1 Å². The summed E-state index contributed by atoms with van der Waals surface area (Å²) >= 11 is 0. The molecule has 8 heteroatoms. The van der Waals surface area contributed by atoms with Crippen molar-refractivity contribution in [2.24, 2.45) is 7.05 Å². The quantitative estimate of drug-likeness (QED) is 0.746. The van der Waals surface area contributed by atoms with Gasteiger partial charge >= 0.3 is 5.69 Å². The number of aromatic nitrogens is 5. The summed E-state index contributed by atoms with van der Waals surface area (Å²) in [5, 5.41) is 11.3. The Morgan fingerprint density at radius 1 is 1.28 bits per heavy atom. The molecular weight excluding hydrogens is 320 g/mol. The van der Waals surface area contributed by atoms with E-state index in [1.165, 1.54) is 4.57 Å². The lowest BCUT2D eigenvalue weighted by molar-refractivity contribution is -0.122. The van der Waals surface area contributed by atoms with Gasteiger partial charge in [0.25, 0.3) is 0 Å². The maximum atomic E-state index is 12.5. The summed E-state index contributed by atoms with van der Waals surface area (Å²) < 4.78 is 5.12. The van der Waals surface area contributed by atoms with Crippen LogP contribution >= 0.6 is 0 Å². The van der Waals surface area contributed by atoms with Gasteiger partial charge in [0.2, 0.25) is 5.91 Å². The highest BCUT2D eigenvalue weighted by Gasteiger charge is 2.23. The normalized spacial score (nSPS) is 16.8. The maximum absolute atomic E-state index is 12.5. The third-order valence-corrected chi connectivity index (χ3v) is 4.85. The summed E-state index contributed by atoms with van der Waals surface area (Å²) in [5.41, 5.74) is 1.41. The summed E-state index contributed by atoms with van der Waals surface area (Å²) in [6, 6.07) is 7.52. The van der Waals surface area contributed by atoms with Crippen molar-refractivity contribution in [2.45, 2.75) is 38.9 Å². The first kappa shape index (κ1) is 15.6. The number of fused-ring (bicyclic) bond motifs is 2. The van der Waals surface area contributed by atoms with E-state index in [9.17, 15) is 9.59 Å². The first-order chi connectivity index (χ1) is 12.0. The first-order valence-corrected chi connectivity index (χ1v) is 8.37. The molecule has 0 unspecified atom stereocenters. The molecule has 0 saturated heterocycles. The largest absolute Gasteiger partial charge is 0.350 e. The number of benzene rings is 1. The van der Waals surface area contributed by atoms with Gasteiger partial charge in [0, 0.05) is 26.1 Å². The van der Waals surface area contributed by atoms with Gasteiger partial charge < -0.3 is 9.88 Å². The van der Waals surface area contributed by atoms with Crippen molar-refractivity contribution in [1.29, 1.82) is 0 Å². The van der Waals surface area contributed by atoms with Gasteiger partial charge in [-0.1, -0.05) is 12.1 Å². The van der Waals surface area contributed by atoms with Crippen LogP contribution in [0.15, 0.2) is 29.1 Å². The number of amides is 1. The third kappa shape index (κ3) is 2.63. The molecule has 1 aromatic carbocycles. The Bertz CT molecular complexity index is 1010. The molecule has 1 atom stereocenters. The fourth-order valence-corrected chi connectivity index (χ4v) is 3.51. The molecule has 0 saturated carbocycles. The van der Waals surface area contributed by atoms with E-state index in [-0.39, 0.29) is 24.2 Å². The number of carbonyl (C=O) groups is 1. The number of carbonyl (C=O) groups excluding carboxylic acids is 1. The Hall–Kier alpha value is -2.90. The van der Waals surface area contributed by atoms with Crippen LogP contribution in [-0.4, -0.2) is 35.8 Å². The van der Waals surface area contributed by atoms with Crippen LogP contribution in [0.4, 0.5) is 0 Å². The third-order valence-electron chi connectivity index (χ3n) is 4.85. The molecule has 3 aromatic rings. The molecule has 1 aliphatic heterocycles. The Labute approximate surface area is 144 Å². The van der Waals surface area contributed by atoms with Gasteiger partial charge in [0.15, 0.2) is 0 Å². The van der Waals surface area contributed by atoms with E-state index >= 15 is 0 Å². The lowest BCUT2D eigenvalue weighted by atomic mass is 10.1. The van der Waals surface area contributed by atoms with Gasteiger partial charge in [0.05, 0.1) is 11.0 Å². The molecule has 25 heavy (non-hydrogen) atoms. The number of nitrogens with one attached hydrogen (secondary N) is 1. The van der Waals surface area contributed by atoms with E-state index in [1.807, 2.05) is 35.8 Å². The molecule has 0 aliphatic carbocycles. The van der Waals surface area contributed by atoms with Crippen LogP contribution in [0.25, 0.3) is 11.0 Å². The zero-order valence-corrected chi connectivity index (χ0v) is 14.3. The van der Waals surface area contributed by atoms with Gasteiger partial charge in [-0.3, -0.25) is 13.9 Å². The minimum Gasteiger partial charge on any atom is -0.350 e. The van der Waals surface area contributed by atoms with Crippen molar-refractivity contribution in [1.82, 2.24) is 29.2 Å². The molecule has 2 aromatic heterocycles. The van der Waals surface area contributed by atoms with E-state index in [2.05, 4.69) is 15.5 Å². The zero-order chi connectivity index (χ0) is 17.6. The monoisotopic (exact) mass is 340 g/mol. The number of imidazole rings is 1. The average Bonchev–Trinajstić information content (AvgIpc) is 3.09. The molecule has 0 spiro atoms. The smallest absolute Gasteiger partial charge is 0.329 e. The minimum absolute atomic E-state index is 0.0186. The predicted molar refractivity (Wildman–Crippen MR) is 92.2 cm³/mol. The first-order valence-electron chi connectivity index (χ1n) is 8.37. The summed E-state index contributed by atoms with van der Waals surface area (Å²) in [4.78, 5) is 24.9. The van der Waals surface area contributed by atoms with Crippen molar-refractivity contribution in [3.63, 3.8) is 0 Å². The van der Waals surface area contributed by atoms with E-state index in [0.29, 0.717) is 6.54 Å². The Balaban J connectivity index is 1.51. The molecule has 8 nitrogen and oxygen atoms in total. The molecule has 1 amide bonds. The van der Waals surface area contributed by atoms with E-state index in [4.69, 9.17) is 0 Å². The summed E-state index contributed by atoms with van der Waals surface area (Å²) in [7, 11) is 1.72. The fraction of sp³-hybridized carbons (Fsp3) is 0.412. The highest BCUT2D eigenvalue weighted by molar-refractivity contribution is 5.81. The van der Waals surface area contributed by atoms with Crippen molar-refractivity contribution in [3.8, 4) is 0 Å². The standard InChI is InChI=1S/C17H20N6O2/c1-11-19-20-15-8-7-12(9-22(11)15)18-16(24)10-23-14-6-4-3-5-13(14)21(2)17(23)25/h3-6,12H,7-10H2,1-2H3,(H,18,24)/t12-/m1/s1. The molecule has 1 aliphatic rings. The number of aryl methyl sites for hydroxylation is 3. The average molecular weight is 340 g/mol. The van der Waals surface area contributed by atoms with E-state index in [0.717, 1.165) is 35.5 Å². The topological polar surface area (TPSA) is 86.7 Å². The minimum atomic E-state index is -0.183. The van der Waals surface area contributed by atoms with Crippen molar-refractivity contribution in [2.75, 3.05) is 0 Å². The van der Waals surface area contributed by atoms with Crippen LogP contribution < -0.4 is 11.0 Å². The van der Waals surface area contributed by atoms with E-state index in [1.54, 1.807) is 11.6 Å². The van der Waals surface area contributed by atoms with Crippen molar-refractivity contribution < 1.29 is 4.79 Å². The molecule has 130 valence electrons. The molecule has 0 radical (unpaired) electrons. The second-order valence-electron chi connectivity index (χ2n) is 6.49. The van der Waals surface area contributed by atoms with Crippen LogP contribution in [0.5, 0.6) is 0 Å². The van der Waals surface area contributed by atoms with Gasteiger partial charge in [0.1, 0.15) is 18.2 Å². The molecule has 4 rings (SSSR count). The molecular formula is C17H20N6O2. The van der Waals surface area contributed by atoms with Crippen molar-refractivity contribution >= 4 is 16.9 Å². The van der Waals surface area contributed by atoms with Crippen LogP contribution in [-0.2, 0) is 31.4 Å². The maximum Gasteiger partial charge on any atom is 0.329 e. The number of nitrogens with zero attached hydrogens (tertiary/aromatic N) is 5. The second kappa shape index (κ2) is 5.87. The van der Waals surface area contributed by atoms with Crippen LogP contribution in [0, 0.1) is 6.92 Å². The number of para-hydroxylation sites is 2.